The van der Waals surface area contributed by atoms with Crippen LogP contribution < -0.4 is 10.7 Å². The van der Waals surface area contributed by atoms with Crippen LogP contribution >= 0.6 is 0 Å². The number of nitrogens with one attached hydrogen (secondary N) is 2. The number of carbonyl (C=O) groups is 2. The van der Waals surface area contributed by atoms with Gasteiger partial charge in [-0.3, -0.25) is 15.0 Å². The van der Waals surface area contributed by atoms with Crippen molar-refractivity contribution >= 4 is 17.5 Å². The Kier molecular flexibility index (Phi) is 2.52. The Morgan fingerprint density at radius 2 is 2.11 bits per heavy atom. The molecule has 2 amide bonds. The molecule has 0 radical (unpaired) electrons. The molecule has 0 aromatic heterocycles. The molecule has 2 N–H and O–H groups in total. The topological polar surface area (TPSA) is 61.4 Å². The summed E-state index contributed by atoms with van der Waals surface area (Å²) >= 11 is 0. The SMILES string of the molecule is Cc1ccc2c(c1)C(=O)N1NC(=O)CCCC1(C)N2. The highest BCUT2D eigenvalue weighted by Crippen LogP contribution is 2.34. The van der Waals surface area contributed by atoms with Crippen molar-refractivity contribution in [3.05, 3.63) is 29.3 Å². The predicted molar refractivity (Wildman–Crippen MR) is 71.4 cm³/mol. The molecule has 5 nitrogen and oxygen atoms in total. The molecule has 1 unspecified atom stereocenters. The third-order valence-electron chi connectivity index (χ3n) is 3.81. The average molecular weight is 259 g/mol. The van der Waals surface area contributed by atoms with Gasteiger partial charge in [0.25, 0.3) is 5.91 Å². The van der Waals surface area contributed by atoms with E-state index in [2.05, 4.69) is 10.7 Å². The van der Waals surface area contributed by atoms with E-state index in [9.17, 15) is 9.59 Å². The highest BCUT2D eigenvalue weighted by molar-refractivity contribution is 6.03. The van der Waals surface area contributed by atoms with Crippen LogP contribution in [0.5, 0.6) is 0 Å². The number of anilines is 1. The Hall–Kier alpha value is -2.04. The Labute approximate surface area is 111 Å². The number of hydrogen-bond donors (Lipinski definition) is 2. The monoisotopic (exact) mass is 259 g/mol. The number of fused-ring (bicyclic) bond motifs is 2. The third-order valence-corrected chi connectivity index (χ3v) is 3.81. The van der Waals surface area contributed by atoms with Crippen LogP contribution in [0.15, 0.2) is 18.2 Å². The Morgan fingerprint density at radius 3 is 2.89 bits per heavy atom. The van der Waals surface area contributed by atoms with Gasteiger partial charge in [-0.2, -0.15) is 0 Å². The maximum Gasteiger partial charge on any atom is 0.276 e. The second-order valence-corrected chi connectivity index (χ2v) is 5.48. The zero-order valence-corrected chi connectivity index (χ0v) is 11.1. The van der Waals surface area contributed by atoms with E-state index in [-0.39, 0.29) is 11.8 Å². The molecule has 1 aromatic rings. The fraction of sp³-hybridized carbons (Fsp3) is 0.429. The summed E-state index contributed by atoms with van der Waals surface area (Å²) in [6.45, 7) is 3.89. The summed E-state index contributed by atoms with van der Waals surface area (Å²) in [5, 5.41) is 4.83. The molecule has 1 saturated heterocycles. The van der Waals surface area contributed by atoms with Crippen molar-refractivity contribution in [2.75, 3.05) is 5.32 Å². The van der Waals surface area contributed by atoms with Crippen molar-refractivity contribution in [2.24, 2.45) is 0 Å². The Morgan fingerprint density at radius 1 is 1.32 bits per heavy atom. The average Bonchev–Trinajstić information content (AvgIpc) is 2.50. The van der Waals surface area contributed by atoms with Crippen molar-refractivity contribution < 1.29 is 9.59 Å². The lowest BCUT2D eigenvalue weighted by molar-refractivity contribution is -0.125. The Bertz CT molecular complexity index is 570. The van der Waals surface area contributed by atoms with Gasteiger partial charge in [0.05, 0.1) is 5.56 Å². The van der Waals surface area contributed by atoms with Crippen molar-refractivity contribution in [1.29, 1.82) is 0 Å². The standard InChI is InChI=1S/C14H17N3O2/c1-9-5-6-11-10(8-9)13(19)17-14(2,15-11)7-3-4-12(18)16-17/h5-6,8,15H,3-4,7H2,1-2H3,(H,16,18). The summed E-state index contributed by atoms with van der Waals surface area (Å²) in [5.74, 6) is -0.245. The van der Waals surface area contributed by atoms with E-state index in [1.54, 1.807) is 0 Å². The van der Waals surface area contributed by atoms with Gasteiger partial charge in [0.15, 0.2) is 0 Å². The maximum atomic E-state index is 12.6. The largest absolute Gasteiger partial charge is 0.361 e. The smallest absolute Gasteiger partial charge is 0.276 e. The highest BCUT2D eigenvalue weighted by atomic mass is 16.2. The number of rotatable bonds is 0. The summed E-state index contributed by atoms with van der Waals surface area (Å²) in [6.07, 6.45) is 1.96. The van der Waals surface area contributed by atoms with Gasteiger partial charge in [-0.15, -0.1) is 0 Å². The molecular weight excluding hydrogens is 242 g/mol. The van der Waals surface area contributed by atoms with E-state index >= 15 is 0 Å². The van der Waals surface area contributed by atoms with E-state index in [4.69, 9.17) is 0 Å². The van der Waals surface area contributed by atoms with Crippen LogP contribution in [0.1, 0.15) is 42.1 Å². The quantitative estimate of drug-likeness (QED) is 0.746. The molecule has 0 spiro atoms. The molecule has 2 aliphatic heterocycles. The molecule has 5 heteroatoms. The van der Waals surface area contributed by atoms with Gasteiger partial charge in [-0.25, -0.2) is 5.01 Å². The minimum absolute atomic E-state index is 0.102. The van der Waals surface area contributed by atoms with Crippen molar-refractivity contribution in [3.63, 3.8) is 0 Å². The lowest BCUT2D eigenvalue weighted by Gasteiger charge is -2.44. The van der Waals surface area contributed by atoms with E-state index in [1.165, 1.54) is 5.01 Å². The van der Waals surface area contributed by atoms with Gasteiger partial charge in [0, 0.05) is 12.1 Å². The first kappa shape index (κ1) is 12.0. The number of hydrogen-bond acceptors (Lipinski definition) is 3. The summed E-state index contributed by atoms with van der Waals surface area (Å²) in [7, 11) is 0. The number of benzene rings is 1. The van der Waals surface area contributed by atoms with E-state index in [0.717, 1.165) is 24.1 Å². The summed E-state index contributed by atoms with van der Waals surface area (Å²) < 4.78 is 0. The third kappa shape index (κ3) is 1.85. The molecule has 2 heterocycles. The molecule has 1 fully saturated rings. The van der Waals surface area contributed by atoms with Gasteiger partial charge < -0.3 is 5.32 Å². The molecule has 2 aliphatic rings. The molecule has 1 aromatic carbocycles. The highest BCUT2D eigenvalue weighted by Gasteiger charge is 2.43. The van der Waals surface area contributed by atoms with E-state index in [1.807, 2.05) is 32.0 Å². The minimum Gasteiger partial charge on any atom is -0.361 e. The van der Waals surface area contributed by atoms with Crippen LogP contribution in [0.25, 0.3) is 0 Å². The van der Waals surface area contributed by atoms with E-state index < -0.39 is 5.66 Å². The van der Waals surface area contributed by atoms with Gasteiger partial charge in [0.1, 0.15) is 5.66 Å². The summed E-state index contributed by atoms with van der Waals surface area (Å²) in [6, 6.07) is 5.76. The van der Waals surface area contributed by atoms with Crippen LogP contribution in [-0.4, -0.2) is 22.5 Å². The molecule has 19 heavy (non-hydrogen) atoms. The molecule has 0 bridgehead atoms. The lowest BCUT2D eigenvalue weighted by Crippen LogP contribution is -2.63. The first-order valence-electron chi connectivity index (χ1n) is 6.52. The van der Waals surface area contributed by atoms with Crippen molar-refractivity contribution in [3.8, 4) is 0 Å². The molecule has 0 aliphatic carbocycles. The second kappa shape index (κ2) is 3.98. The normalized spacial score (nSPS) is 25.9. The minimum atomic E-state index is -0.550. The van der Waals surface area contributed by atoms with Crippen LogP contribution in [0.3, 0.4) is 0 Å². The van der Waals surface area contributed by atoms with Crippen LogP contribution in [0, 0.1) is 6.92 Å². The summed E-state index contributed by atoms with van der Waals surface area (Å²) in [5.41, 5.74) is 4.64. The van der Waals surface area contributed by atoms with Crippen molar-refractivity contribution in [1.82, 2.24) is 10.4 Å². The molecule has 0 saturated carbocycles. The van der Waals surface area contributed by atoms with Crippen LogP contribution in [0.2, 0.25) is 0 Å². The second-order valence-electron chi connectivity index (χ2n) is 5.48. The van der Waals surface area contributed by atoms with Crippen LogP contribution in [-0.2, 0) is 4.79 Å². The molecule has 1 atom stereocenters. The zero-order chi connectivity index (χ0) is 13.6. The predicted octanol–water partition coefficient (Wildman–Crippen LogP) is 1.79. The van der Waals surface area contributed by atoms with E-state index in [0.29, 0.717) is 12.0 Å². The molecule has 3 rings (SSSR count). The number of carbonyl (C=O) groups excluding carboxylic acids is 2. The van der Waals surface area contributed by atoms with Gasteiger partial charge in [-0.1, -0.05) is 11.6 Å². The summed E-state index contributed by atoms with van der Waals surface area (Å²) in [4.78, 5) is 24.2. The van der Waals surface area contributed by atoms with Gasteiger partial charge in [0.2, 0.25) is 5.91 Å². The number of aryl methyl sites for hydroxylation is 1. The van der Waals surface area contributed by atoms with Crippen LogP contribution in [0.4, 0.5) is 5.69 Å². The van der Waals surface area contributed by atoms with Gasteiger partial charge in [-0.05, 0) is 38.8 Å². The Balaban J connectivity index is 2.08. The van der Waals surface area contributed by atoms with Gasteiger partial charge >= 0.3 is 0 Å². The van der Waals surface area contributed by atoms with Crippen molar-refractivity contribution in [2.45, 2.75) is 38.8 Å². The first-order chi connectivity index (χ1) is 8.99. The fourth-order valence-electron chi connectivity index (χ4n) is 2.76. The number of hydrazine groups is 1. The fourth-order valence-corrected chi connectivity index (χ4v) is 2.76. The lowest BCUT2D eigenvalue weighted by atomic mass is 9.97. The molecular formula is C14H17N3O2. The maximum absolute atomic E-state index is 12.6. The first-order valence-corrected chi connectivity index (χ1v) is 6.52. The molecule has 100 valence electrons. The number of nitrogens with zero attached hydrogens (tertiary/aromatic N) is 1. The number of amides is 2. The zero-order valence-electron chi connectivity index (χ0n) is 11.1.